The lowest BCUT2D eigenvalue weighted by molar-refractivity contribution is 0.0342. The normalized spacial score (nSPS) is 15.0. The molecule has 0 radical (unpaired) electrons. The minimum atomic E-state index is -0.250. The summed E-state index contributed by atoms with van der Waals surface area (Å²) in [6, 6.07) is 13.1. The number of anilines is 2. The summed E-state index contributed by atoms with van der Waals surface area (Å²) in [7, 11) is 0. The van der Waals surface area contributed by atoms with Gasteiger partial charge in [0.05, 0.1) is 13.2 Å². The van der Waals surface area contributed by atoms with E-state index in [1.807, 2.05) is 12.1 Å². The van der Waals surface area contributed by atoms with Gasteiger partial charge >= 0.3 is 0 Å². The average Bonchev–Trinajstić information content (AvgIpc) is 2.61. The molecule has 132 valence electrons. The van der Waals surface area contributed by atoms with E-state index in [0.717, 1.165) is 38.5 Å². The van der Waals surface area contributed by atoms with Crippen LogP contribution >= 0.6 is 12.2 Å². The van der Waals surface area contributed by atoms with Gasteiger partial charge in [-0.3, -0.25) is 4.90 Å². The average molecular weight is 359 g/mol. The third kappa shape index (κ3) is 5.22. The highest BCUT2D eigenvalue weighted by Crippen LogP contribution is 2.16. The fourth-order valence-corrected chi connectivity index (χ4v) is 2.91. The topological polar surface area (TPSA) is 36.5 Å². The van der Waals surface area contributed by atoms with Gasteiger partial charge in [-0.05, 0) is 54.5 Å². The van der Waals surface area contributed by atoms with E-state index in [2.05, 4.69) is 27.7 Å². The van der Waals surface area contributed by atoms with Gasteiger partial charge in [0.2, 0.25) is 0 Å². The SMILES string of the molecule is Cc1ccc(NC(=S)Nc2ccc(CN3CCOCC3)cc2)cc1F. The van der Waals surface area contributed by atoms with Gasteiger partial charge in [0.25, 0.3) is 0 Å². The molecule has 1 saturated heterocycles. The summed E-state index contributed by atoms with van der Waals surface area (Å²) in [6.07, 6.45) is 0. The second-order valence-electron chi connectivity index (χ2n) is 6.13. The molecule has 1 aliphatic heterocycles. The molecule has 0 aromatic heterocycles. The number of aryl methyl sites for hydroxylation is 1. The van der Waals surface area contributed by atoms with Gasteiger partial charge in [-0.1, -0.05) is 18.2 Å². The molecule has 0 aliphatic carbocycles. The van der Waals surface area contributed by atoms with Crippen molar-refractivity contribution in [3.63, 3.8) is 0 Å². The van der Waals surface area contributed by atoms with Crippen LogP contribution in [0.4, 0.5) is 15.8 Å². The molecule has 1 heterocycles. The Bertz CT molecular complexity index is 730. The van der Waals surface area contributed by atoms with Crippen molar-refractivity contribution in [1.82, 2.24) is 4.90 Å². The van der Waals surface area contributed by atoms with Crippen LogP contribution in [0.1, 0.15) is 11.1 Å². The van der Waals surface area contributed by atoms with E-state index in [-0.39, 0.29) is 5.82 Å². The van der Waals surface area contributed by atoms with Crippen molar-refractivity contribution < 1.29 is 9.13 Å². The summed E-state index contributed by atoms with van der Waals surface area (Å²) in [5.41, 5.74) is 3.40. The summed E-state index contributed by atoms with van der Waals surface area (Å²) in [5.74, 6) is -0.250. The van der Waals surface area contributed by atoms with E-state index in [9.17, 15) is 4.39 Å². The quantitative estimate of drug-likeness (QED) is 0.813. The molecule has 0 spiro atoms. The molecule has 1 fully saturated rings. The van der Waals surface area contributed by atoms with E-state index in [0.29, 0.717) is 16.4 Å². The van der Waals surface area contributed by atoms with Crippen LogP contribution in [-0.4, -0.2) is 36.3 Å². The zero-order valence-electron chi connectivity index (χ0n) is 14.2. The number of morpholine rings is 1. The van der Waals surface area contributed by atoms with Crippen molar-refractivity contribution >= 4 is 28.7 Å². The van der Waals surface area contributed by atoms with Gasteiger partial charge in [0.1, 0.15) is 5.82 Å². The molecule has 0 saturated carbocycles. The van der Waals surface area contributed by atoms with Gasteiger partial charge in [-0.2, -0.15) is 0 Å². The molecule has 2 aromatic rings. The van der Waals surface area contributed by atoms with E-state index in [1.54, 1.807) is 19.1 Å². The van der Waals surface area contributed by atoms with Crippen molar-refractivity contribution in [2.75, 3.05) is 36.9 Å². The number of rotatable bonds is 4. The molecule has 2 aromatic carbocycles. The highest BCUT2D eigenvalue weighted by molar-refractivity contribution is 7.80. The first-order valence-electron chi connectivity index (χ1n) is 8.33. The molecular weight excluding hydrogens is 337 g/mol. The van der Waals surface area contributed by atoms with E-state index < -0.39 is 0 Å². The Kier molecular flexibility index (Phi) is 5.96. The summed E-state index contributed by atoms with van der Waals surface area (Å²) in [4.78, 5) is 2.38. The molecule has 2 N–H and O–H groups in total. The Morgan fingerprint density at radius 2 is 1.72 bits per heavy atom. The molecule has 4 nitrogen and oxygen atoms in total. The molecule has 1 aliphatic rings. The van der Waals surface area contributed by atoms with Crippen LogP contribution in [0.2, 0.25) is 0 Å². The van der Waals surface area contributed by atoms with Crippen molar-refractivity contribution in [1.29, 1.82) is 0 Å². The van der Waals surface area contributed by atoms with Gasteiger partial charge in [0, 0.05) is 31.0 Å². The van der Waals surface area contributed by atoms with Gasteiger partial charge in [-0.25, -0.2) is 4.39 Å². The van der Waals surface area contributed by atoms with Gasteiger partial charge in [0.15, 0.2) is 5.11 Å². The first kappa shape index (κ1) is 17.8. The Morgan fingerprint density at radius 3 is 2.40 bits per heavy atom. The lowest BCUT2D eigenvalue weighted by Crippen LogP contribution is -2.35. The third-order valence-electron chi connectivity index (χ3n) is 4.15. The number of hydrogen-bond acceptors (Lipinski definition) is 3. The van der Waals surface area contributed by atoms with Crippen molar-refractivity contribution in [3.05, 3.63) is 59.4 Å². The highest BCUT2D eigenvalue weighted by Gasteiger charge is 2.10. The Labute approximate surface area is 153 Å². The molecule has 0 bridgehead atoms. The standard InChI is InChI=1S/C19H22FN3OS/c1-14-2-5-17(12-18(14)20)22-19(25)21-16-6-3-15(4-7-16)13-23-8-10-24-11-9-23/h2-7,12H,8-11,13H2,1H3,(H2,21,22,25). The maximum atomic E-state index is 13.6. The molecule has 3 rings (SSSR count). The van der Waals surface area contributed by atoms with Gasteiger partial charge < -0.3 is 15.4 Å². The second kappa shape index (κ2) is 8.38. The number of nitrogens with zero attached hydrogens (tertiary/aromatic N) is 1. The third-order valence-corrected chi connectivity index (χ3v) is 4.36. The van der Waals surface area contributed by atoms with Crippen LogP contribution < -0.4 is 10.6 Å². The van der Waals surface area contributed by atoms with E-state index >= 15 is 0 Å². The molecule has 6 heteroatoms. The van der Waals surface area contributed by atoms with Crippen molar-refractivity contribution in [3.8, 4) is 0 Å². The summed E-state index contributed by atoms with van der Waals surface area (Å²) < 4.78 is 18.9. The number of hydrogen-bond donors (Lipinski definition) is 2. The first-order valence-corrected chi connectivity index (χ1v) is 8.74. The zero-order valence-corrected chi connectivity index (χ0v) is 15.0. The number of halogens is 1. The van der Waals surface area contributed by atoms with E-state index in [1.165, 1.54) is 11.6 Å². The predicted molar refractivity (Wildman–Crippen MR) is 104 cm³/mol. The number of thiocarbonyl (C=S) groups is 1. The summed E-state index contributed by atoms with van der Waals surface area (Å²) in [5, 5.41) is 6.55. The Balaban J connectivity index is 1.53. The fourth-order valence-electron chi connectivity index (χ4n) is 2.68. The largest absolute Gasteiger partial charge is 0.379 e. The smallest absolute Gasteiger partial charge is 0.175 e. The van der Waals surface area contributed by atoms with E-state index in [4.69, 9.17) is 17.0 Å². The lowest BCUT2D eigenvalue weighted by atomic mass is 10.2. The maximum Gasteiger partial charge on any atom is 0.175 e. The van der Waals surface area contributed by atoms with Crippen LogP contribution in [0, 0.1) is 12.7 Å². The number of nitrogens with one attached hydrogen (secondary N) is 2. The molecule has 0 unspecified atom stereocenters. The van der Waals surface area contributed by atoms with Crippen LogP contribution in [0.3, 0.4) is 0 Å². The maximum absolute atomic E-state index is 13.6. The first-order chi connectivity index (χ1) is 12.1. The minimum absolute atomic E-state index is 0.250. The van der Waals surface area contributed by atoms with Crippen LogP contribution in [0.15, 0.2) is 42.5 Å². The molecule has 0 amide bonds. The Hall–Kier alpha value is -2.02. The predicted octanol–water partition coefficient (Wildman–Crippen LogP) is 3.78. The molecular formula is C19H22FN3OS. The number of ether oxygens (including phenoxy) is 1. The summed E-state index contributed by atoms with van der Waals surface area (Å²) in [6.45, 7) is 6.21. The molecule has 0 atom stereocenters. The fraction of sp³-hybridized carbons (Fsp3) is 0.316. The van der Waals surface area contributed by atoms with Crippen molar-refractivity contribution in [2.45, 2.75) is 13.5 Å². The number of benzene rings is 2. The minimum Gasteiger partial charge on any atom is -0.379 e. The van der Waals surface area contributed by atoms with Crippen molar-refractivity contribution in [2.24, 2.45) is 0 Å². The highest BCUT2D eigenvalue weighted by atomic mass is 32.1. The second-order valence-corrected chi connectivity index (χ2v) is 6.54. The van der Waals surface area contributed by atoms with Crippen LogP contribution in [0.5, 0.6) is 0 Å². The Morgan fingerprint density at radius 1 is 1.08 bits per heavy atom. The zero-order chi connectivity index (χ0) is 17.6. The lowest BCUT2D eigenvalue weighted by Gasteiger charge is -2.26. The monoisotopic (exact) mass is 359 g/mol. The summed E-state index contributed by atoms with van der Waals surface area (Å²) >= 11 is 5.29. The van der Waals surface area contributed by atoms with Crippen LogP contribution in [0.25, 0.3) is 0 Å². The molecule has 25 heavy (non-hydrogen) atoms. The van der Waals surface area contributed by atoms with Crippen LogP contribution in [-0.2, 0) is 11.3 Å². The van der Waals surface area contributed by atoms with Gasteiger partial charge in [-0.15, -0.1) is 0 Å².